The molecule has 0 spiro atoms. The Hall–Kier alpha value is -1.95. The van der Waals surface area contributed by atoms with E-state index in [9.17, 15) is 14.6 Å². The molecule has 2 aromatic rings. The molecule has 0 radical (unpaired) electrons. The molecule has 0 aliphatic heterocycles. The zero-order chi connectivity index (χ0) is 16.7. The van der Waals surface area contributed by atoms with E-state index in [-0.39, 0.29) is 25.0 Å². The molecule has 23 heavy (non-hydrogen) atoms. The molecule has 0 heterocycles. The van der Waals surface area contributed by atoms with Gasteiger partial charge in [0.15, 0.2) is 0 Å². The molecule has 5 heteroatoms. The molecular formula is C18H22FNO3. The summed E-state index contributed by atoms with van der Waals surface area (Å²) in [6.45, 7) is 2.23. The minimum atomic E-state index is -0.731. The molecule has 0 saturated heterocycles. The molecule has 3 unspecified atom stereocenters. The van der Waals surface area contributed by atoms with Crippen LogP contribution in [0, 0.1) is 5.82 Å². The van der Waals surface area contributed by atoms with Crippen molar-refractivity contribution in [1.29, 1.82) is 0 Å². The van der Waals surface area contributed by atoms with Crippen LogP contribution >= 0.6 is 0 Å². The lowest BCUT2D eigenvalue weighted by Crippen LogP contribution is -2.39. The van der Waals surface area contributed by atoms with Crippen LogP contribution in [0.2, 0.25) is 0 Å². The Bertz CT molecular complexity index is 577. The predicted octanol–water partition coefficient (Wildman–Crippen LogP) is 2.28. The zero-order valence-corrected chi connectivity index (χ0v) is 13.0. The van der Waals surface area contributed by atoms with Gasteiger partial charge in [0, 0.05) is 12.6 Å². The fourth-order valence-electron chi connectivity index (χ4n) is 2.15. The maximum absolute atomic E-state index is 12.8. The first-order valence-electron chi connectivity index (χ1n) is 7.59. The highest BCUT2D eigenvalue weighted by atomic mass is 19.1. The summed E-state index contributed by atoms with van der Waals surface area (Å²) in [5.41, 5.74) is 0.824. The van der Waals surface area contributed by atoms with Gasteiger partial charge in [-0.2, -0.15) is 0 Å². The van der Waals surface area contributed by atoms with Crippen molar-refractivity contribution in [3.63, 3.8) is 0 Å². The van der Waals surface area contributed by atoms with Gasteiger partial charge in [0.1, 0.15) is 24.3 Å². The topological polar surface area (TPSA) is 61.7 Å². The van der Waals surface area contributed by atoms with Crippen LogP contribution < -0.4 is 10.1 Å². The van der Waals surface area contributed by atoms with Crippen molar-refractivity contribution in [3.8, 4) is 5.75 Å². The average Bonchev–Trinajstić information content (AvgIpc) is 2.59. The van der Waals surface area contributed by atoms with Crippen molar-refractivity contribution in [1.82, 2.24) is 5.32 Å². The second kappa shape index (κ2) is 8.62. The Balaban J connectivity index is 1.73. The standard InChI is InChI=1S/C18H22FNO3/c1-13(18(22)14-5-3-2-4-6-14)20-11-16(21)12-23-17-9-7-15(19)8-10-17/h2-10,13,16,18,20-22H,11-12H2,1H3. The number of aliphatic hydroxyl groups excluding tert-OH is 2. The number of ether oxygens (including phenoxy) is 1. The van der Waals surface area contributed by atoms with Gasteiger partial charge in [0.05, 0.1) is 6.10 Å². The Kier molecular flexibility index (Phi) is 6.52. The van der Waals surface area contributed by atoms with Crippen molar-refractivity contribution in [2.75, 3.05) is 13.2 Å². The molecule has 0 bridgehead atoms. The Morgan fingerprint density at radius 2 is 1.70 bits per heavy atom. The lowest BCUT2D eigenvalue weighted by molar-refractivity contribution is 0.0876. The van der Waals surface area contributed by atoms with Crippen molar-refractivity contribution in [2.24, 2.45) is 0 Å². The van der Waals surface area contributed by atoms with Gasteiger partial charge < -0.3 is 20.3 Å². The summed E-state index contributed by atoms with van der Waals surface area (Å²) in [4.78, 5) is 0. The second-order valence-corrected chi connectivity index (χ2v) is 5.47. The van der Waals surface area contributed by atoms with Crippen LogP contribution in [0.5, 0.6) is 5.75 Å². The first-order chi connectivity index (χ1) is 11.1. The van der Waals surface area contributed by atoms with Gasteiger partial charge in [-0.05, 0) is 36.8 Å². The quantitative estimate of drug-likeness (QED) is 0.698. The van der Waals surface area contributed by atoms with E-state index in [0.29, 0.717) is 5.75 Å². The first kappa shape index (κ1) is 17.4. The third-order valence-electron chi connectivity index (χ3n) is 3.55. The molecule has 0 fully saturated rings. The molecule has 2 rings (SSSR count). The highest BCUT2D eigenvalue weighted by molar-refractivity contribution is 5.22. The molecule has 4 nitrogen and oxygen atoms in total. The molecule has 0 aliphatic carbocycles. The molecule has 124 valence electrons. The number of hydrogen-bond acceptors (Lipinski definition) is 4. The Morgan fingerprint density at radius 1 is 1.04 bits per heavy atom. The normalized spacial score (nSPS) is 15.0. The van der Waals surface area contributed by atoms with Crippen LogP contribution in [0.3, 0.4) is 0 Å². The van der Waals surface area contributed by atoms with Gasteiger partial charge in [-0.1, -0.05) is 30.3 Å². The average molecular weight is 319 g/mol. The number of aliphatic hydroxyl groups is 2. The van der Waals surface area contributed by atoms with Gasteiger partial charge >= 0.3 is 0 Å². The predicted molar refractivity (Wildman–Crippen MR) is 86.8 cm³/mol. The number of rotatable bonds is 8. The first-order valence-corrected chi connectivity index (χ1v) is 7.59. The van der Waals surface area contributed by atoms with Gasteiger partial charge in [0.2, 0.25) is 0 Å². The lowest BCUT2D eigenvalue weighted by atomic mass is 10.0. The van der Waals surface area contributed by atoms with Gasteiger partial charge in [-0.25, -0.2) is 4.39 Å². The second-order valence-electron chi connectivity index (χ2n) is 5.47. The highest BCUT2D eigenvalue weighted by Gasteiger charge is 2.17. The van der Waals surface area contributed by atoms with Crippen LogP contribution in [-0.4, -0.2) is 35.5 Å². The third kappa shape index (κ3) is 5.63. The van der Waals surface area contributed by atoms with Crippen LogP contribution in [0.15, 0.2) is 54.6 Å². The van der Waals surface area contributed by atoms with Crippen molar-refractivity contribution < 1.29 is 19.3 Å². The number of benzene rings is 2. The van der Waals surface area contributed by atoms with Crippen molar-refractivity contribution in [2.45, 2.75) is 25.2 Å². The summed E-state index contributed by atoms with van der Waals surface area (Å²) in [7, 11) is 0. The zero-order valence-electron chi connectivity index (χ0n) is 13.0. The van der Waals surface area contributed by atoms with Gasteiger partial charge in [-0.3, -0.25) is 0 Å². The smallest absolute Gasteiger partial charge is 0.123 e. The van der Waals surface area contributed by atoms with E-state index in [1.165, 1.54) is 24.3 Å². The van der Waals surface area contributed by atoms with Crippen LogP contribution in [0.4, 0.5) is 4.39 Å². The maximum atomic E-state index is 12.8. The minimum absolute atomic E-state index is 0.0901. The van der Waals surface area contributed by atoms with Crippen LogP contribution in [0.25, 0.3) is 0 Å². The van der Waals surface area contributed by atoms with Crippen molar-refractivity contribution in [3.05, 3.63) is 66.0 Å². The Morgan fingerprint density at radius 3 is 2.35 bits per heavy atom. The van der Waals surface area contributed by atoms with E-state index in [2.05, 4.69) is 5.32 Å². The summed E-state index contributed by atoms with van der Waals surface area (Å²) >= 11 is 0. The SMILES string of the molecule is CC(NCC(O)COc1ccc(F)cc1)C(O)c1ccccc1. The molecule has 2 aromatic carbocycles. The monoisotopic (exact) mass is 319 g/mol. The minimum Gasteiger partial charge on any atom is -0.491 e. The third-order valence-corrected chi connectivity index (χ3v) is 3.55. The fourth-order valence-corrected chi connectivity index (χ4v) is 2.15. The van der Waals surface area contributed by atoms with E-state index in [0.717, 1.165) is 5.56 Å². The summed E-state index contributed by atoms with van der Waals surface area (Å²) in [6.07, 6.45) is -1.38. The van der Waals surface area contributed by atoms with E-state index >= 15 is 0 Å². The van der Waals surface area contributed by atoms with E-state index in [1.54, 1.807) is 0 Å². The lowest BCUT2D eigenvalue weighted by Gasteiger charge is -2.22. The molecule has 0 saturated carbocycles. The van der Waals surface area contributed by atoms with Gasteiger partial charge in [0.25, 0.3) is 0 Å². The van der Waals surface area contributed by atoms with Crippen LogP contribution in [-0.2, 0) is 0 Å². The number of hydrogen-bond donors (Lipinski definition) is 3. The van der Waals surface area contributed by atoms with Crippen molar-refractivity contribution >= 4 is 0 Å². The van der Waals surface area contributed by atoms with Crippen LogP contribution in [0.1, 0.15) is 18.6 Å². The molecule has 0 aromatic heterocycles. The number of nitrogens with one attached hydrogen (secondary N) is 1. The van der Waals surface area contributed by atoms with Gasteiger partial charge in [-0.15, -0.1) is 0 Å². The fraction of sp³-hybridized carbons (Fsp3) is 0.333. The van der Waals surface area contributed by atoms with E-state index in [1.807, 2.05) is 37.3 Å². The molecular weight excluding hydrogens is 297 g/mol. The summed E-state index contributed by atoms with van der Waals surface area (Å²) in [5, 5.41) is 23.2. The molecule has 0 amide bonds. The largest absolute Gasteiger partial charge is 0.491 e. The molecule has 3 atom stereocenters. The summed E-state index contributed by atoms with van der Waals surface area (Å²) in [6, 6.07) is 14.8. The maximum Gasteiger partial charge on any atom is 0.123 e. The molecule has 3 N–H and O–H groups in total. The number of halogens is 1. The summed E-state index contributed by atoms with van der Waals surface area (Å²) < 4.78 is 18.2. The van der Waals surface area contributed by atoms with E-state index < -0.39 is 12.2 Å². The molecule has 0 aliphatic rings. The highest BCUT2D eigenvalue weighted by Crippen LogP contribution is 2.16. The Labute approximate surface area is 135 Å². The van der Waals surface area contributed by atoms with E-state index in [4.69, 9.17) is 4.74 Å². The summed E-state index contributed by atoms with van der Waals surface area (Å²) in [5.74, 6) is 0.172.